The summed E-state index contributed by atoms with van der Waals surface area (Å²) in [5.41, 5.74) is 4.61. The summed E-state index contributed by atoms with van der Waals surface area (Å²) in [5, 5.41) is 11.2. The molecule has 0 saturated carbocycles. The minimum atomic E-state index is -0.260. The highest BCUT2D eigenvalue weighted by Gasteiger charge is 2.27. The summed E-state index contributed by atoms with van der Waals surface area (Å²) in [6.45, 7) is 2.19. The highest BCUT2D eigenvalue weighted by Crippen LogP contribution is 2.32. The summed E-state index contributed by atoms with van der Waals surface area (Å²) >= 11 is 12.2. The van der Waals surface area contributed by atoms with Gasteiger partial charge in [-0.05, 0) is 29.8 Å². The van der Waals surface area contributed by atoms with Crippen LogP contribution in [0.4, 0.5) is 0 Å². The molecule has 0 unspecified atom stereocenters. The second kappa shape index (κ2) is 11.0. The molecule has 1 fully saturated rings. The van der Waals surface area contributed by atoms with Crippen molar-refractivity contribution in [3.63, 3.8) is 0 Å². The average Bonchev–Trinajstić information content (AvgIpc) is 3.11. The lowest BCUT2D eigenvalue weighted by atomic mass is 9.95. The van der Waals surface area contributed by atoms with Crippen LogP contribution in [0.2, 0.25) is 10.0 Å². The molecule has 2 heterocycles. The van der Waals surface area contributed by atoms with Crippen LogP contribution in [0.25, 0.3) is 0 Å². The summed E-state index contributed by atoms with van der Waals surface area (Å²) in [6, 6.07) is 12.6. The number of hydrogen-bond donors (Lipinski definition) is 3. The van der Waals surface area contributed by atoms with Gasteiger partial charge in [-0.25, -0.2) is 5.43 Å². The molecule has 0 aliphatic carbocycles. The number of benzene rings is 2. The quantitative estimate of drug-likeness (QED) is 0.553. The Kier molecular flexibility index (Phi) is 7.82. The zero-order valence-electron chi connectivity index (χ0n) is 17.8. The minimum Gasteiger partial charge on any atom is -0.483 e. The predicted molar refractivity (Wildman–Crippen MR) is 126 cm³/mol. The molecule has 2 amide bonds. The van der Waals surface area contributed by atoms with Crippen molar-refractivity contribution in [2.75, 3.05) is 32.8 Å². The molecule has 0 spiro atoms. The zero-order valence-corrected chi connectivity index (χ0v) is 19.3. The third-order valence-electron chi connectivity index (χ3n) is 5.44. The van der Waals surface area contributed by atoms with Gasteiger partial charge in [0, 0.05) is 31.1 Å². The number of carbonyl (C=O) groups is 2. The van der Waals surface area contributed by atoms with Gasteiger partial charge in [0.05, 0.1) is 34.9 Å². The van der Waals surface area contributed by atoms with Crippen molar-refractivity contribution in [3.8, 4) is 5.75 Å². The molecule has 2 aromatic rings. The molecule has 174 valence electrons. The first kappa shape index (κ1) is 23.5. The monoisotopic (exact) mass is 490 g/mol. The molecule has 4 rings (SSSR count). The van der Waals surface area contributed by atoms with E-state index in [1.54, 1.807) is 24.3 Å². The number of hydrogen-bond acceptors (Lipinski definition) is 6. The van der Waals surface area contributed by atoms with Crippen molar-refractivity contribution in [3.05, 3.63) is 63.6 Å². The van der Waals surface area contributed by atoms with Crippen LogP contribution >= 0.6 is 23.2 Å². The Morgan fingerprint density at radius 3 is 2.85 bits per heavy atom. The Balaban J connectivity index is 1.36. The Morgan fingerprint density at radius 1 is 1.21 bits per heavy atom. The number of ether oxygens (including phenoxy) is 2. The van der Waals surface area contributed by atoms with E-state index in [1.807, 2.05) is 18.2 Å². The lowest BCUT2D eigenvalue weighted by molar-refractivity contribution is -0.123. The Hall–Kier alpha value is -2.65. The lowest BCUT2D eigenvalue weighted by Crippen LogP contribution is -2.38. The number of nitrogens with zero attached hydrogens (tertiary/aromatic N) is 1. The SMILES string of the molecule is O=C(COc1ccccc1C1=NNC(=O)C1)NC[C@@H]1CNCCO[C@H]1c1ccc(Cl)c(Cl)c1. The molecule has 0 radical (unpaired) electrons. The van der Waals surface area contributed by atoms with E-state index in [2.05, 4.69) is 21.2 Å². The van der Waals surface area contributed by atoms with E-state index in [-0.39, 0.29) is 36.9 Å². The van der Waals surface area contributed by atoms with Gasteiger partial charge in [-0.1, -0.05) is 41.4 Å². The van der Waals surface area contributed by atoms with E-state index >= 15 is 0 Å². The second-order valence-electron chi connectivity index (χ2n) is 7.79. The fourth-order valence-electron chi connectivity index (χ4n) is 3.81. The molecule has 33 heavy (non-hydrogen) atoms. The summed E-state index contributed by atoms with van der Waals surface area (Å²) in [7, 11) is 0. The first-order valence-electron chi connectivity index (χ1n) is 10.6. The van der Waals surface area contributed by atoms with Crippen LogP contribution in [0, 0.1) is 5.92 Å². The van der Waals surface area contributed by atoms with E-state index in [0.29, 0.717) is 46.8 Å². The number of nitrogens with one attached hydrogen (secondary N) is 3. The fourth-order valence-corrected chi connectivity index (χ4v) is 4.12. The summed E-state index contributed by atoms with van der Waals surface area (Å²) in [6.07, 6.45) is -0.0562. The summed E-state index contributed by atoms with van der Waals surface area (Å²) < 4.78 is 11.8. The smallest absolute Gasteiger partial charge is 0.257 e. The molecule has 2 aliphatic heterocycles. The topological polar surface area (TPSA) is 101 Å². The molecule has 2 aromatic carbocycles. The largest absolute Gasteiger partial charge is 0.483 e. The van der Waals surface area contributed by atoms with Gasteiger partial charge in [-0.2, -0.15) is 5.10 Å². The number of rotatable bonds is 7. The number of carbonyl (C=O) groups excluding carboxylic acids is 2. The third-order valence-corrected chi connectivity index (χ3v) is 6.18. The van der Waals surface area contributed by atoms with E-state index in [9.17, 15) is 9.59 Å². The van der Waals surface area contributed by atoms with Crippen molar-refractivity contribution in [2.24, 2.45) is 11.0 Å². The predicted octanol–water partition coefficient (Wildman–Crippen LogP) is 2.69. The maximum absolute atomic E-state index is 12.5. The highest BCUT2D eigenvalue weighted by atomic mass is 35.5. The normalized spacial score (nSPS) is 20.5. The number of hydrazone groups is 1. The van der Waals surface area contributed by atoms with Crippen LogP contribution < -0.4 is 20.8 Å². The number of amides is 2. The van der Waals surface area contributed by atoms with Gasteiger partial charge in [0.15, 0.2) is 6.61 Å². The van der Waals surface area contributed by atoms with Gasteiger partial charge < -0.3 is 20.1 Å². The van der Waals surface area contributed by atoms with Gasteiger partial charge in [0.25, 0.3) is 5.91 Å². The summed E-state index contributed by atoms with van der Waals surface area (Å²) in [5.74, 6) is 0.0553. The standard InChI is InChI=1S/C23H24Cl2N4O4/c24-17-6-5-14(9-18(17)25)23-15(11-26-7-8-32-23)12-27-22(31)13-33-20-4-2-1-3-16(20)19-10-21(30)29-28-19/h1-6,9,15,23,26H,7-8,10-13H2,(H,27,31)(H,29,30)/t15-,23-/m0/s1. The summed E-state index contributed by atoms with van der Waals surface area (Å²) in [4.78, 5) is 24.0. The Morgan fingerprint density at radius 2 is 2.06 bits per heavy atom. The molecule has 8 nitrogen and oxygen atoms in total. The van der Waals surface area contributed by atoms with Crippen LogP contribution in [0.1, 0.15) is 23.7 Å². The van der Waals surface area contributed by atoms with Gasteiger partial charge >= 0.3 is 0 Å². The van der Waals surface area contributed by atoms with Crippen molar-refractivity contribution < 1.29 is 19.1 Å². The van der Waals surface area contributed by atoms with Crippen molar-refractivity contribution in [1.82, 2.24) is 16.1 Å². The fraction of sp³-hybridized carbons (Fsp3) is 0.348. The van der Waals surface area contributed by atoms with Crippen LogP contribution in [0.15, 0.2) is 47.6 Å². The van der Waals surface area contributed by atoms with Crippen molar-refractivity contribution in [2.45, 2.75) is 12.5 Å². The zero-order chi connectivity index (χ0) is 23.2. The first-order chi connectivity index (χ1) is 16.0. The molecule has 10 heteroatoms. The third kappa shape index (κ3) is 6.03. The maximum Gasteiger partial charge on any atom is 0.257 e. The van der Waals surface area contributed by atoms with Crippen molar-refractivity contribution >= 4 is 40.7 Å². The minimum absolute atomic E-state index is 0.00842. The van der Waals surface area contributed by atoms with Gasteiger partial charge in [0.2, 0.25) is 5.91 Å². The van der Waals surface area contributed by atoms with Crippen molar-refractivity contribution in [1.29, 1.82) is 0 Å². The molecule has 2 atom stereocenters. The average molecular weight is 491 g/mol. The molecule has 1 saturated heterocycles. The molecular weight excluding hydrogens is 467 g/mol. The highest BCUT2D eigenvalue weighted by molar-refractivity contribution is 6.42. The van der Waals surface area contributed by atoms with Gasteiger partial charge in [-0.15, -0.1) is 0 Å². The number of halogens is 2. The Bertz CT molecular complexity index is 1060. The maximum atomic E-state index is 12.5. The van der Waals surface area contributed by atoms with Gasteiger partial charge in [0.1, 0.15) is 5.75 Å². The molecular formula is C23H24Cl2N4O4. The van der Waals surface area contributed by atoms with E-state index < -0.39 is 0 Å². The molecule has 0 bridgehead atoms. The van der Waals surface area contributed by atoms with E-state index in [0.717, 1.165) is 12.1 Å². The van der Waals surface area contributed by atoms with Crippen LogP contribution in [0.5, 0.6) is 5.75 Å². The Labute approximate surface area is 201 Å². The molecule has 0 aromatic heterocycles. The first-order valence-corrected chi connectivity index (χ1v) is 11.4. The second-order valence-corrected chi connectivity index (χ2v) is 8.60. The molecule has 2 aliphatic rings. The lowest BCUT2D eigenvalue weighted by Gasteiger charge is -2.25. The van der Waals surface area contributed by atoms with Crippen LogP contribution in [0.3, 0.4) is 0 Å². The number of para-hydroxylation sites is 1. The van der Waals surface area contributed by atoms with Crippen LogP contribution in [-0.4, -0.2) is 50.4 Å². The van der Waals surface area contributed by atoms with Gasteiger partial charge in [-0.3, -0.25) is 9.59 Å². The van der Waals surface area contributed by atoms with E-state index in [4.69, 9.17) is 32.7 Å². The molecule has 3 N–H and O–H groups in total. The van der Waals surface area contributed by atoms with E-state index in [1.165, 1.54) is 0 Å². The van der Waals surface area contributed by atoms with Crippen LogP contribution in [-0.2, 0) is 14.3 Å².